The number of carbonyl (C=O) groups is 1. The highest BCUT2D eigenvalue weighted by atomic mass is 32.1. The van der Waals surface area contributed by atoms with E-state index in [9.17, 15) is 9.59 Å². The number of hydrogen-bond acceptors (Lipinski definition) is 7. The van der Waals surface area contributed by atoms with E-state index in [1.165, 1.54) is 11.3 Å². The molecule has 3 rings (SSSR count). The number of thiophene rings is 1. The fourth-order valence-electron chi connectivity index (χ4n) is 2.74. The van der Waals surface area contributed by atoms with Crippen LogP contribution in [-0.2, 0) is 16.0 Å². The van der Waals surface area contributed by atoms with Crippen molar-refractivity contribution in [1.82, 2.24) is 14.5 Å². The number of hydrogen-bond donors (Lipinski definition) is 0. The Morgan fingerprint density at radius 3 is 2.92 bits per heavy atom. The minimum atomic E-state index is -0.440. The highest BCUT2D eigenvalue weighted by molar-refractivity contribution is 7.17. The largest absolute Gasteiger partial charge is 0.462 e. The molecule has 136 valence electrons. The van der Waals surface area contributed by atoms with Crippen LogP contribution >= 0.6 is 11.3 Å². The average molecular weight is 365 g/mol. The summed E-state index contributed by atoms with van der Waals surface area (Å²) in [6.45, 7) is 6.91. The van der Waals surface area contributed by atoms with Gasteiger partial charge in [-0.2, -0.15) is 0 Å². The Bertz CT molecular complexity index is 780. The molecule has 1 fully saturated rings. The molecule has 0 unspecified atom stereocenters. The highest BCUT2D eigenvalue weighted by Gasteiger charge is 2.19. The van der Waals surface area contributed by atoms with Crippen molar-refractivity contribution in [2.24, 2.45) is 0 Å². The maximum Gasteiger partial charge on any atom is 0.339 e. The summed E-state index contributed by atoms with van der Waals surface area (Å²) in [5, 5.41) is 2.04. The number of esters is 1. The number of carbonyl (C=O) groups excluding carboxylic acids is 1. The standard InChI is InChI=1S/C17H23N3O4S/c1-2-3-8-24-17(22)13-11-25-15-14(13)16(21)20(12-18-15)5-4-19-6-9-23-10-7-19/h11-12H,2-10H2,1H3. The summed E-state index contributed by atoms with van der Waals surface area (Å²) in [5.41, 5.74) is 0.149. The third kappa shape index (κ3) is 4.26. The molecule has 1 aliphatic rings. The molecular formula is C17H23N3O4S. The summed E-state index contributed by atoms with van der Waals surface area (Å²) in [7, 11) is 0. The molecule has 0 radical (unpaired) electrons. The zero-order valence-corrected chi connectivity index (χ0v) is 15.2. The first-order valence-electron chi connectivity index (χ1n) is 8.64. The van der Waals surface area contributed by atoms with Crippen LogP contribution in [0.1, 0.15) is 30.1 Å². The van der Waals surface area contributed by atoms with Gasteiger partial charge in [0.1, 0.15) is 4.83 Å². The lowest BCUT2D eigenvalue weighted by molar-refractivity contribution is 0.0362. The molecule has 0 aromatic carbocycles. The zero-order valence-electron chi connectivity index (χ0n) is 14.4. The number of aromatic nitrogens is 2. The van der Waals surface area contributed by atoms with E-state index in [0.717, 1.165) is 45.7 Å². The van der Waals surface area contributed by atoms with Gasteiger partial charge >= 0.3 is 5.97 Å². The van der Waals surface area contributed by atoms with Crippen molar-refractivity contribution in [1.29, 1.82) is 0 Å². The monoisotopic (exact) mass is 365 g/mol. The first kappa shape index (κ1) is 18.0. The van der Waals surface area contributed by atoms with Crippen LogP contribution in [0.4, 0.5) is 0 Å². The van der Waals surface area contributed by atoms with Crippen molar-refractivity contribution in [3.63, 3.8) is 0 Å². The van der Waals surface area contributed by atoms with Crippen molar-refractivity contribution in [3.05, 3.63) is 27.6 Å². The Morgan fingerprint density at radius 2 is 2.16 bits per heavy atom. The number of morpholine rings is 1. The van der Waals surface area contributed by atoms with Gasteiger partial charge in [0.2, 0.25) is 0 Å². The second-order valence-corrected chi connectivity index (χ2v) is 6.87. The van der Waals surface area contributed by atoms with E-state index in [2.05, 4.69) is 9.88 Å². The molecule has 2 aromatic rings. The molecule has 3 heterocycles. The van der Waals surface area contributed by atoms with Crippen LogP contribution in [0.2, 0.25) is 0 Å². The third-order valence-electron chi connectivity index (χ3n) is 4.27. The van der Waals surface area contributed by atoms with E-state index in [-0.39, 0.29) is 5.56 Å². The van der Waals surface area contributed by atoms with Gasteiger partial charge in [-0.3, -0.25) is 14.3 Å². The van der Waals surface area contributed by atoms with Crippen LogP contribution in [0.5, 0.6) is 0 Å². The number of unbranched alkanes of at least 4 members (excludes halogenated alkanes) is 1. The van der Waals surface area contributed by atoms with Crippen molar-refractivity contribution in [3.8, 4) is 0 Å². The number of rotatable bonds is 7. The molecule has 0 spiro atoms. The van der Waals surface area contributed by atoms with Gasteiger partial charge in [-0.05, 0) is 6.42 Å². The van der Waals surface area contributed by atoms with Gasteiger partial charge in [0.25, 0.3) is 5.56 Å². The van der Waals surface area contributed by atoms with Crippen molar-refractivity contribution < 1.29 is 14.3 Å². The van der Waals surface area contributed by atoms with Gasteiger partial charge in [-0.1, -0.05) is 13.3 Å². The Kier molecular flexibility index (Phi) is 6.17. The summed E-state index contributed by atoms with van der Waals surface area (Å²) in [6.07, 6.45) is 3.33. The lowest BCUT2D eigenvalue weighted by atomic mass is 10.2. The molecule has 8 heteroatoms. The lowest BCUT2D eigenvalue weighted by Gasteiger charge is -2.26. The fraction of sp³-hybridized carbons (Fsp3) is 0.588. The normalized spacial score (nSPS) is 15.6. The summed E-state index contributed by atoms with van der Waals surface area (Å²) in [6, 6.07) is 0. The van der Waals surface area contributed by atoms with Gasteiger partial charge in [0.15, 0.2) is 0 Å². The van der Waals surface area contributed by atoms with E-state index in [1.807, 2.05) is 6.92 Å². The topological polar surface area (TPSA) is 73.7 Å². The van der Waals surface area contributed by atoms with Gasteiger partial charge in [-0.15, -0.1) is 11.3 Å². The molecular weight excluding hydrogens is 342 g/mol. The summed E-state index contributed by atoms with van der Waals surface area (Å²) in [5.74, 6) is -0.440. The van der Waals surface area contributed by atoms with Crippen molar-refractivity contribution >= 4 is 27.5 Å². The molecule has 0 N–H and O–H groups in total. The Labute approximate surface area is 150 Å². The Hall–Kier alpha value is -1.77. The minimum absolute atomic E-state index is 0.179. The Balaban J connectivity index is 1.76. The van der Waals surface area contributed by atoms with Crippen LogP contribution in [0, 0.1) is 0 Å². The third-order valence-corrected chi connectivity index (χ3v) is 5.16. The van der Waals surface area contributed by atoms with Crippen LogP contribution in [0.15, 0.2) is 16.5 Å². The Morgan fingerprint density at radius 1 is 1.36 bits per heavy atom. The predicted molar refractivity (Wildman–Crippen MR) is 96.3 cm³/mol. The highest BCUT2D eigenvalue weighted by Crippen LogP contribution is 2.21. The van der Waals surface area contributed by atoms with E-state index in [0.29, 0.717) is 28.9 Å². The molecule has 1 aliphatic heterocycles. The van der Waals surface area contributed by atoms with E-state index >= 15 is 0 Å². The molecule has 25 heavy (non-hydrogen) atoms. The number of fused-ring (bicyclic) bond motifs is 1. The maximum atomic E-state index is 12.8. The molecule has 2 aromatic heterocycles. The van der Waals surface area contributed by atoms with Gasteiger partial charge < -0.3 is 9.47 Å². The van der Waals surface area contributed by atoms with E-state index < -0.39 is 5.97 Å². The fourth-order valence-corrected chi connectivity index (χ4v) is 3.60. The van der Waals surface area contributed by atoms with Crippen LogP contribution in [-0.4, -0.2) is 59.9 Å². The molecule has 1 saturated heterocycles. The van der Waals surface area contributed by atoms with Crippen LogP contribution in [0.3, 0.4) is 0 Å². The summed E-state index contributed by atoms with van der Waals surface area (Å²) < 4.78 is 12.2. The minimum Gasteiger partial charge on any atom is -0.462 e. The smallest absolute Gasteiger partial charge is 0.339 e. The lowest BCUT2D eigenvalue weighted by Crippen LogP contribution is -2.39. The predicted octanol–water partition coefficient (Wildman–Crippen LogP) is 1.75. The van der Waals surface area contributed by atoms with Gasteiger partial charge in [-0.25, -0.2) is 9.78 Å². The SMILES string of the molecule is CCCCOC(=O)c1csc2ncn(CCN3CCOCC3)c(=O)c12. The van der Waals surface area contributed by atoms with Crippen LogP contribution in [0.25, 0.3) is 10.2 Å². The quantitative estimate of drug-likeness (QED) is 0.550. The summed E-state index contributed by atoms with van der Waals surface area (Å²) in [4.78, 5) is 32.2. The second-order valence-electron chi connectivity index (χ2n) is 6.02. The molecule has 0 amide bonds. The van der Waals surface area contributed by atoms with Crippen molar-refractivity contribution in [2.75, 3.05) is 39.5 Å². The average Bonchev–Trinajstić information content (AvgIpc) is 3.07. The van der Waals surface area contributed by atoms with Gasteiger partial charge in [0.05, 0.1) is 37.1 Å². The molecule has 0 aliphatic carbocycles. The van der Waals surface area contributed by atoms with E-state index in [4.69, 9.17) is 9.47 Å². The first-order chi connectivity index (χ1) is 12.2. The second kappa shape index (κ2) is 8.55. The number of nitrogens with zero attached hydrogens (tertiary/aromatic N) is 3. The van der Waals surface area contributed by atoms with Crippen LogP contribution < -0.4 is 5.56 Å². The number of ether oxygens (including phenoxy) is 2. The summed E-state index contributed by atoms with van der Waals surface area (Å²) >= 11 is 1.30. The first-order valence-corrected chi connectivity index (χ1v) is 9.52. The van der Waals surface area contributed by atoms with Crippen molar-refractivity contribution in [2.45, 2.75) is 26.3 Å². The molecule has 0 saturated carbocycles. The molecule has 0 bridgehead atoms. The molecule has 0 atom stereocenters. The maximum absolute atomic E-state index is 12.8. The van der Waals surface area contributed by atoms with Gasteiger partial charge in [0, 0.05) is 31.6 Å². The molecule has 7 nitrogen and oxygen atoms in total. The zero-order chi connectivity index (χ0) is 17.6. The van der Waals surface area contributed by atoms with E-state index in [1.54, 1.807) is 16.3 Å².